The molecule has 2 rings (SSSR count). The predicted molar refractivity (Wildman–Crippen MR) is 41.9 cm³/mol. The molecule has 2 aliphatic rings. The minimum atomic E-state index is -0.923. The van der Waals surface area contributed by atoms with E-state index < -0.39 is 11.7 Å². The average molecular weight is 171 g/mol. The van der Waals surface area contributed by atoms with Crippen LogP contribution in [0, 0.1) is 5.92 Å². The molecule has 0 spiro atoms. The van der Waals surface area contributed by atoms with E-state index in [-0.39, 0.29) is 6.04 Å². The van der Waals surface area contributed by atoms with Gasteiger partial charge in [-0.2, -0.15) is 0 Å². The third-order valence-electron chi connectivity index (χ3n) is 3.14. The van der Waals surface area contributed by atoms with Gasteiger partial charge in [-0.05, 0) is 25.7 Å². The number of amides is 1. The Labute approximate surface area is 70.8 Å². The summed E-state index contributed by atoms with van der Waals surface area (Å²) < 4.78 is 0. The highest BCUT2D eigenvalue weighted by molar-refractivity contribution is 5.67. The van der Waals surface area contributed by atoms with Crippen LogP contribution in [0.15, 0.2) is 0 Å². The topological polar surface area (TPSA) is 60.8 Å². The zero-order chi connectivity index (χ0) is 8.93. The molecule has 1 amide bonds. The summed E-state index contributed by atoms with van der Waals surface area (Å²) in [4.78, 5) is 11.8. The van der Waals surface area contributed by atoms with Gasteiger partial charge in [-0.1, -0.05) is 0 Å². The van der Waals surface area contributed by atoms with Crippen molar-refractivity contribution in [3.05, 3.63) is 0 Å². The molecule has 0 bridgehead atoms. The number of hydrogen-bond donors (Lipinski definition) is 2. The molecular weight excluding hydrogens is 158 g/mol. The molecule has 1 unspecified atom stereocenters. The number of aliphatic hydroxyl groups is 1. The van der Waals surface area contributed by atoms with E-state index in [0.29, 0.717) is 12.5 Å². The number of nitrogens with zero attached hydrogens (tertiary/aromatic N) is 1. The van der Waals surface area contributed by atoms with Crippen molar-refractivity contribution in [3.8, 4) is 0 Å². The summed E-state index contributed by atoms with van der Waals surface area (Å²) in [5.41, 5.74) is -0.710. The average Bonchev–Trinajstić information content (AvgIpc) is 2.80. The minimum absolute atomic E-state index is 0.220. The van der Waals surface area contributed by atoms with E-state index in [1.807, 2.05) is 0 Å². The van der Waals surface area contributed by atoms with Crippen LogP contribution in [-0.4, -0.2) is 39.4 Å². The Morgan fingerprint density at radius 1 is 1.58 bits per heavy atom. The highest BCUT2D eigenvalue weighted by Gasteiger charge is 2.58. The lowest BCUT2D eigenvalue weighted by Gasteiger charge is -2.51. The van der Waals surface area contributed by atoms with Gasteiger partial charge in [0.1, 0.15) is 5.60 Å². The van der Waals surface area contributed by atoms with Crippen LogP contribution >= 0.6 is 0 Å². The van der Waals surface area contributed by atoms with Crippen molar-refractivity contribution >= 4 is 6.09 Å². The molecule has 0 aromatic carbocycles. The molecule has 2 atom stereocenters. The van der Waals surface area contributed by atoms with Crippen LogP contribution in [0.2, 0.25) is 0 Å². The number of hydrogen-bond acceptors (Lipinski definition) is 2. The van der Waals surface area contributed by atoms with Gasteiger partial charge in [0, 0.05) is 0 Å². The van der Waals surface area contributed by atoms with Gasteiger partial charge in [-0.15, -0.1) is 0 Å². The lowest BCUT2D eigenvalue weighted by Crippen LogP contribution is -2.70. The predicted octanol–water partition coefficient (Wildman–Crippen LogP) is 0.510. The van der Waals surface area contributed by atoms with E-state index in [1.54, 1.807) is 6.92 Å². The summed E-state index contributed by atoms with van der Waals surface area (Å²) in [5, 5.41) is 18.6. The molecule has 1 heterocycles. The standard InChI is InChI=1S/C8H13NO3/c1-5-8(12,6-2-3-6)4-9(5)7(10)11/h5-6,12H,2-4H2,1H3,(H,10,11)/t5-,8?/m0/s1. The van der Waals surface area contributed by atoms with Crippen LogP contribution in [0.1, 0.15) is 19.8 Å². The Bertz CT molecular complexity index is 226. The Balaban J connectivity index is 2.02. The van der Waals surface area contributed by atoms with Gasteiger partial charge in [0.15, 0.2) is 0 Å². The summed E-state index contributed by atoms with van der Waals surface area (Å²) in [7, 11) is 0. The van der Waals surface area contributed by atoms with Crippen molar-refractivity contribution in [2.75, 3.05) is 6.54 Å². The Hall–Kier alpha value is -0.770. The second-order valence-corrected chi connectivity index (χ2v) is 3.85. The van der Waals surface area contributed by atoms with Gasteiger partial charge in [0.25, 0.3) is 0 Å². The molecule has 4 nitrogen and oxygen atoms in total. The largest absolute Gasteiger partial charge is 0.465 e. The van der Waals surface area contributed by atoms with E-state index >= 15 is 0 Å². The second kappa shape index (κ2) is 2.13. The highest BCUT2D eigenvalue weighted by Crippen LogP contribution is 2.47. The molecule has 0 aromatic rings. The van der Waals surface area contributed by atoms with E-state index in [4.69, 9.17) is 5.11 Å². The van der Waals surface area contributed by atoms with E-state index in [0.717, 1.165) is 12.8 Å². The zero-order valence-corrected chi connectivity index (χ0v) is 7.03. The normalized spacial score (nSPS) is 40.8. The molecule has 1 saturated carbocycles. The zero-order valence-electron chi connectivity index (χ0n) is 7.03. The molecule has 1 aliphatic heterocycles. The molecule has 0 radical (unpaired) electrons. The van der Waals surface area contributed by atoms with Crippen LogP contribution in [0.5, 0.6) is 0 Å². The van der Waals surface area contributed by atoms with Crippen molar-refractivity contribution in [1.82, 2.24) is 4.90 Å². The maximum Gasteiger partial charge on any atom is 0.407 e. The van der Waals surface area contributed by atoms with Crippen LogP contribution < -0.4 is 0 Å². The molecule has 2 N–H and O–H groups in total. The first-order valence-corrected chi connectivity index (χ1v) is 4.27. The van der Waals surface area contributed by atoms with E-state index in [1.165, 1.54) is 4.90 Å². The quantitative estimate of drug-likeness (QED) is 0.604. The number of rotatable bonds is 1. The van der Waals surface area contributed by atoms with Gasteiger partial charge in [-0.25, -0.2) is 4.79 Å². The van der Waals surface area contributed by atoms with Crippen molar-refractivity contribution < 1.29 is 15.0 Å². The molecule has 1 aliphatic carbocycles. The van der Waals surface area contributed by atoms with Gasteiger partial charge in [-0.3, -0.25) is 4.90 Å². The van der Waals surface area contributed by atoms with Crippen molar-refractivity contribution in [2.45, 2.75) is 31.4 Å². The van der Waals surface area contributed by atoms with E-state index in [2.05, 4.69) is 0 Å². The summed E-state index contributed by atoms with van der Waals surface area (Å²) >= 11 is 0. The number of likely N-dealkylation sites (tertiary alicyclic amines) is 1. The van der Waals surface area contributed by atoms with Crippen LogP contribution in [0.3, 0.4) is 0 Å². The van der Waals surface area contributed by atoms with Gasteiger partial charge in [0.05, 0.1) is 12.6 Å². The van der Waals surface area contributed by atoms with Crippen molar-refractivity contribution in [3.63, 3.8) is 0 Å². The number of β-amino-alcohol motifs (C(OH)–C–C–N with tert-alkyl or cyclic N) is 1. The maximum atomic E-state index is 10.5. The molecule has 68 valence electrons. The summed E-state index contributed by atoms with van der Waals surface area (Å²) in [6.45, 7) is 2.07. The summed E-state index contributed by atoms with van der Waals surface area (Å²) in [5.74, 6) is 0.350. The van der Waals surface area contributed by atoms with Gasteiger partial charge >= 0.3 is 6.09 Å². The second-order valence-electron chi connectivity index (χ2n) is 3.85. The molecular formula is C8H13NO3. The summed E-state index contributed by atoms with van der Waals surface area (Å²) in [6, 6.07) is -0.220. The number of carboxylic acid groups (broad SMARTS) is 1. The SMILES string of the molecule is C[C@@H]1N(C(=O)O)CC1(O)C1CC1. The Morgan fingerprint density at radius 2 is 2.17 bits per heavy atom. The maximum absolute atomic E-state index is 10.5. The molecule has 4 heteroatoms. The van der Waals surface area contributed by atoms with Crippen LogP contribution in [0.4, 0.5) is 4.79 Å². The number of carbonyl (C=O) groups is 1. The fourth-order valence-corrected chi connectivity index (χ4v) is 1.99. The first kappa shape index (κ1) is 7.86. The van der Waals surface area contributed by atoms with Gasteiger partial charge < -0.3 is 10.2 Å². The lowest BCUT2D eigenvalue weighted by atomic mass is 9.80. The Kier molecular flexibility index (Phi) is 1.39. The molecule has 12 heavy (non-hydrogen) atoms. The van der Waals surface area contributed by atoms with Gasteiger partial charge in [0.2, 0.25) is 0 Å². The monoisotopic (exact) mass is 171 g/mol. The van der Waals surface area contributed by atoms with Crippen LogP contribution in [0.25, 0.3) is 0 Å². The molecule has 2 fully saturated rings. The molecule has 1 saturated heterocycles. The van der Waals surface area contributed by atoms with Crippen LogP contribution in [-0.2, 0) is 0 Å². The first-order valence-electron chi connectivity index (χ1n) is 4.27. The van der Waals surface area contributed by atoms with Crippen molar-refractivity contribution in [2.24, 2.45) is 5.92 Å². The first-order chi connectivity index (χ1) is 5.55. The van der Waals surface area contributed by atoms with E-state index in [9.17, 15) is 9.90 Å². The third-order valence-corrected chi connectivity index (χ3v) is 3.14. The molecule has 0 aromatic heterocycles. The third kappa shape index (κ3) is 0.843. The highest BCUT2D eigenvalue weighted by atomic mass is 16.4. The summed E-state index contributed by atoms with van der Waals surface area (Å²) in [6.07, 6.45) is 1.18. The Morgan fingerprint density at radius 3 is 2.50 bits per heavy atom. The smallest absolute Gasteiger partial charge is 0.407 e. The fraction of sp³-hybridized carbons (Fsp3) is 0.875. The lowest BCUT2D eigenvalue weighted by molar-refractivity contribution is -0.143. The van der Waals surface area contributed by atoms with Crippen molar-refractivity contribution in [1.29, 1.82) is 0 Å². The minimum Gasteiger partial charge on any atom is -0.465 e. The fourth-order valence-electron chi connectivity index (χ4n) is 1.99.